The van der Waals surface area contributed by atoms with Crippen LogP contribution >= 0.6 is 15.9 Å². The highest BCUT2D eigenvalue weighted by Gasteiger charge is 2.38. The summed E-state index contributed by atoms with van der Waals surface area (Å²) in [7, 11) is 0. The lowest BCUT2D eigenvalue weighted by atomic mass is 10.0. The molecule has 2 aromatic rings. The molecule has 3 rings (SSSR count). The van der Waals surface area contributed by atoms with Crippen LogP contribution in [0.4, 0.5) is 0 Å². The minimum atomic E-state index is 0.482. The zero-order valence-corrected chi connectivity index (χ0v) is 10.3. The van der Waals surface area contributed by atoms with Crippen LogP contribution in [0.2, 0.25) is 0 Å². The van der Waals surface area contributed by atoms with Crippen LogP contribution in [0, 0.1) is 0 Å². The van der Waals surface area contributed by atoms with E-state index in [0.29, 0.717) is 12.1 Å². The maximum absolute atomic E-state index is 3.51. The zero-order valence-electron chi connectivity index (χ0n) is 8.73. The number of rotatable bonds is 2. The molecule has 1 nitrogen and oxygen atoms in total. The minimum absolute atomic E-state index is 0.482. The molecule has 80 valence electrons. The first kappa shape index (κ1) is 10.1. The van der Waals surface area contributed by atoms with Crippen LogP contribution in [0.1, 0.15) is 23.2 Å². The van der Waals surface area contributed by atoms with Gasteiger partial charge in [0, 0.05) is 4.47 Å². The van der Waals surface area contributed by atoms with Gasteiger partial charge in [-0.15, -0.1) is 0 Å². The minimum Gasteiger partial charge on any atom is -0.300 e. The molecule has 0 bridgehead atoms. The second-order valence-electron chi connectivity index (χ2n) is 4.08. The third-order valence-electron chi connectivity index (χ3n) is 2.97. The average Bonchev–Trinajstić information content (AvgIpc) is 3.11. The molecule has 0 radical (unpaired) electrons. The van der Waals surface area contributed by atoms with Gasteiger partial charge in [-0.2, -0.15) is 0 Å². The fraction of sp³-hybridized carbons (Fsp3) is 0.143. The van der Waals surface area contributed by atoms with Gasteiger partial charge in [-0.3, -0.25) is 5.32 Å². The van der Waals surface area contributed by atoms with Crippen LogP contribution < -0.4 is 5.32 Å². The largest absolute Gasteiger partial charge is 0.300 e. The van der Waals surface area contributed by atoms with Crippen LogP contribution in [-0.2, 0) is 0 Å². The van der Waals surface area contributed by atoms with E-state index in [0.717, 1.165) is 4.47 Å². The SMILES string of the molecule is Brc1ccc(C2NC2c2ccccc2)cc1. The smallest absolute Gasteiger partial charge is 0.0523 e. The number of hydrogen-bond donors (Lipinski definition) is 1. The monoisotopic (exact) mass is 273 g/mol. The molecule has 1 heterocycles. The van der Waals surface area contributed by atoms with Gasteiger partial charge in [-0.05, 0) is 23.3 Å². The first-order chi connectivity index (χ1) is 7.84. The predicted molar refractivity (Wildman–Crippen MR) is 69.2 cm³/mol. The Morgan fingerprint density at radius 3 is 1.94 bits per heavy atom. The van der Waals surface area contributed by atoms with Crippen LogP contribution in [0.25, 0.3) is 0 Å². The third kappa shape index (κ3) is 1.91. The van der Waals surface area contributed by atoms with Crippen molar-refractivity contribution in [1.82, 2.24) is 5.32 Å². The molecule has 2 aromatic carbocycles. The number of benzene rings is 2. The van der Waals surface area contributed by atoms with Crippen molar-refractivity contribution in [2.24, 2.45) is 0 Å². The van der Waals surface area contributed by atoms with Crippen molar-refractivity contribution in [3.8, 4) is 0 Å². The van der Waals surface area contributed by atoms with E-state index >= 15 is 0 Å². The lowest BCUT2D eigenvalue weighted by Crippen LogP contribution is -1.83. The summed E-state index contributed by atoms with van der Waals surface area (Å²) in [6, 6.07) is 20.1. The van der Waals surface area contributed by atoms with E-state index < -0.39 is 0 Å². The highest BCUT2D eigenvalue weighted by atomic mass is 79.9. The van der Waals surface area contributed by atoms with Crippen molar-refractivity contribution in [2.75, 3.05) is 0 Å². The Hall–Kier alpha value is -1.12. The molecular weight excluding hydrogens is 262 g/mol. The maximum Gasteiger partial charge on any atom is 0.0523 e. The summed E-state index contributed by atoms with van der Waals surface area (Å²) in [5.74, 6) is 0. The summed E-state index contributed by atoms with van der Waals surface area (Å²) >= 11 is 3.45. The Kier molecular flexibility index (Phi) is 2.54. The molecule has 1 aliphatic heterocycles. The van der Waals surface area contributed by atoms with E-state index in [1.807, 2.05) is 0 Å². The Morgan fingerprint density at radius 1 is 0.750 bits per heavy atom. The average molecular weight is 274 g/mol. The molecule has 0 aromatic heterocycles. The molecule has 1 N–H and O–H groups in total. The summed E-state index contributed by atoms with van der Waals surface area (Å²) < 4.78 is 1.13. The van der Waals surface area contributed by atoms with Crippen molar-refractivity contribution in [3.63, 3.8) is 0 Å². The quantitative estimate of drug-likeness (QED) is 0.826. The Bertz CT molecular complexity index is 478. The van der Waals surface area contributed by atoms with Crippen LogP contribution in [0.15, 0.2) is 59.1 Å². The molecule has 1 aliphatic rings. The van der Waals surface area contributed by atoms with Gasteiger partial charge in [0.1, 0.15) is 0 Å². The fourth-order valence-electron chi connectivity index (χ4n) is 2.05. The highest BCUT2D eigenvalue weighted by molar-refractivity contribution is 9.10. The predicted octanol–water partition coefficient (Wildman–Crippen LogP) is 3.83. The van der Waals surface area contributed by atoms with E-state index in [1.165, 1.54) is 11.1 Å². The molecule has 0 aliphatic carbocycles. The highest BCUT2D eigenvalue weighted by Crippen LogP contribution is 2.42. The second kappa shape index (κ2) is 4.04. The summed E-state index contributed by atoms with van der Waals surface area (Å²) in [4.78, 5) is 0. The van der Waals surface area contributed by atoms with Gasteiger partial charge in [0.2, 0.25) is 0 Å². The molecule has 2 heteroatoms. The fourth-order valence-corrected chi connectivity index (χ4v) is 2.31. The van der Waals surface area contributed by atoms with Crippen molar-refractivity contribution >= 4 is 15.9 Å². The van der Waals surface area contributed by atoms with Gasteiger partial charge in [0.05, 0.1) is 12.1 Å². The first-order valence-electron chi connectivity index (χ1n) is 5.41. The molecule has 0 spiro atoms. The van der Waals surface area contributed by atoms with E-state index in [-0.39, 0.29) is 0 Å². The summed E-state index contributed by atoms with van der Waals surface area (Å²) in [6.45, 7) is 0. The number of halogens is 1. The first-order valence-corrected chi connectivity index (χ1v) is 6.20. The Balaban J connectivity index is 1.79. The van der Waals surface area contributed by atoms with Gasteiger partial charge >= 0.3 is 0 Å². The summed E-state index contributed by atoms with van der Waals surface area (Å²) in [5, 5.41) is 3.51. The van der Waals surface area contributed by atoms with Crippen molar-refractivity contribution < 1.29 is 0 Å². The Morgan fingerprint density at radius 2 is 1.31 bits per heavy atom. The van der Waals surface area contributed by atoms with E-state index in [9.17, 15) is 0 Å². The second-order valence-corrected chi connectivity index (χ2v) is 5.00. The van der Waals surface area contributed by atoms with Crippen molar-refractivity contribution in [3.05, 3.63) is 70.2 Å². The van der Waals surface area contributed by atoms with Crippen LogP contribution in [0.5, 0.6) is 0 Å². The molecule has 2 unspecified atom stereocenters. The topological polar surface area (TPSA) is 21.9 Å². The molecule has 16 heavy (non-hydrogen) atoms. The van der Waals surface area contributed by atoms with Crippen LogP contribution in [-0.4, -0.2) is 0 Å². The Labute approximate surface area is 104 Å². The molecule has 0 saturated carbocycles. The van der Waals surface area contributed by atoms with E-state index in [4.69, 9.17) is 0 Å². The summed E-state index contributed by atoms with van der Waals surface area (Å²) in [5.41, 5.74) is 2.73. The van der Waals surface area contributed by atoms with Gasteiger partial charge in [-0.1, -0.05) is 58.4 Å². The molecule has 2 atom stereocenters. The van der Waals surface area contributed by atoms with Gasteiger partial charge in [0.25, 0.3) is 0 Å². The molecular formula is C14H12BrN. The van der Waals surface area contributed by atoms with Gasteiger partial charge in [-0.25, -0.2) is 0 Å². The standard InChI is InChI=1S/C14H12BrN/c15-12-8-6-11(7-9-12)14-13(16-14)10-4-2-1-3-5-10/h1-9,13-14,16H. The lowest BCUT2D eigenvalue weighted by molar-refractivity contribution is 1.03. The van der Waals surface area contributed by atoms with Gasteiger partial charge < -0.3 is 0 Å². The molecule has 1 fully saturated rings. The zero-order chi connectivity index (χ0) is 11.0. The van der Waals surface area contributed by atoms with Crippen molar-refractivity contribution in [2.45, 2.75) is 12.1 Å². The molecule has 1 saturated heterocycles. The molecule has 0 amide bonds. The number of nitrogens with one attached hydrogen (secondary N) is 1. The number of hydrogen-bond acceptors (Lipinski definition) is 1. The van der Waals surface area contributed by atoms with E-state index in [2.05, 4.69) is 75.8 Å². The maximum atomic E-state index is 3.51. The lowest BCUT2D eigenvalue weighted by Gasteiger charge is -1.99. The van der Waals surface area contributed by atoms with Crippen LogP contribution in [0.3, 0.4) is 0 Å². The van der Waals surface area contributed by atoms with Crippen molar-refractivity contribution in [1.29, 1.82) is 0 Å². The van der Waals surface area contributed by atoms with Gasteiger partial charge in [0.15, 0.2) is 0 Å². The summed E-state index contributed by atoms with van der Waals surface area (Å²) in [6.07, 6.45) is 0. The normalized spacial score (nSPS) is 23.1. The van der Waals surface area contributed by atoms with E-state index in [1.54, 1.807) is 0 Å². The third-order valence-corrected chi connectivity index (χ3v) is 3.50.